The van der Waals surface area contributed by atoms with Gasteiger partial charge in [-0.1, -0.05) is 36.4 Å². The lowest BCUT2D eigenvalue weighted by Gasteiger charge is -2.23. The van der Waals surface area contributed by atoms with Crippen LogP contribution in [-0.4, -0.2) is 35.7 Å². The number of nitrogens with two attached hydrogens (primary N) is 1. The number of hydrogen-bond acceptors (Lipinski definition) is 5. The number of carboxylic acids is 1. The van der Waals surface area contributed by atoms with Crippen LogP contribution in [0.25, 0.3) is 11.1 Å². The highest BCUT2D eigenvalue weighted by atomic mass is 16.4. The van der Waals surface area contributed by atoms with Gasteiger partial charge in [0.1, 0.15) is 12.8 Å². The van der Waals surface area contributed by atoms with Crippen molar-refractivity contribution in [1.29, 1.82) is 0 Å². The summed E-state index contributed by atoms with van der Waals surface area (Å²) in [6.45, 7) is 4.92. The van der Waals surface area contributed by atoms with E-state index in [0.29, 0.717) is 0 Å². The monoisotopic (exact) mass is 344 g/mol. The Morgan fingerprint density at radius 1 is 1.12 bits per heavy atom. The number of carbonyl (C=O) groups excluding carboxylic acids is 1. The van der Waals surface area contributed by atoms with Crippen molar-refractivity contribution in [3.8, 4) is 11.1 Å². The highest BCUT2D eigenvalue weighted by Crippen LogP contribution is 2.29. The summed E-state index contributed by atoms with van der Waals surface area (Å²) >= 11 is 0. The molecule has 1 saturated heterocycles. The predicted octanol–water partition coefficient (Wildman–Crippen LogP) is 2.86. The number of rotatable bonds is 3. The van der Waals surface area contributed by atoms with Gasteiger partial charge in [-0.15, -0.1) is 0 Å². The van der Waals surface area contributed by atoms with Crippen molar-refractivity contribution in [3.63, 3.8) is 0 Å². The van der Waals surface area contributed by atoms with Crippen molar-refractivity contribution in [2.45, 2.75) is 25.8 Å². The van der Waals surface area contributed by atoms with E-state index in [1.165, 1.54) is 16.7 Å². The number of anilines is 1. The summed E-state index contributed by atoms with van der Waals surface area (Å²) < 4.78 is 0. The molecule has 2 aromatic rings. The molecule has 1 aliphatic heterocycles. The molecule has 6 heteroatoms. The Bertz CT molecular complexity index is 673. The number of benzene rings is 2. The quantitative estimate of drug-likeness (QED) is 0.740. The average Bonchev–Trinajstić information content (AvgIpc) is 3.16. The van der Waals surface area contributed by atoms with Crippen LogP contribution >= 0.6 is 0 Å². The second-order valence-corrected chi connectivity index (χ2v) is 5.55. The number of nitrogens with zero attached hydrogens (tertiary/aromatic N) is 1. The number of carboxylic acid groups (broad SMARTS) is 1. The fourth-order valence-electron chi connectivity index (χ4n) is 3.06. The summed E-state index contributed by atoms with van der Waals surface area (Å²) in [6, 6.07) is 16.1. The first kappa shape index (κ1) is 20.3. The number of aliphatic carboxylic acids is 1. The lowest BCUT2D eigenvalue weighted by atomic mass is 10.0. The molecule has 0 amide bonds. The lowest BCUT2D eigenvalue weighted by Crippen LogP contribution is -2.35. The van der Waals surface area contributed by atoms with Crippen molar-refractivity contribution < 1.29 is 19.9 Å². The summed E-state index contributed by atoms with van der Waals surface area (Å²) in [5.41, 5.74) is 4.63. The normalized spacial score (nSPS) is 15.5. The van der Waals surface area contributed by atoms with Gasteiger partial charge in [0.2, 0.25) is 0 Å². The van der Waals surface area contributed by atoms with E-state index >= 15 is 0 Å². The fourth-order valence-corrected chi connectivity index (χ4v) is 3.06. The molecule has 1 heterocycles. The van der Waals surface area contributed by atoms with E-state index in [1.54, 1.807) is 0 Å². The second-order valence-electron chi connectivity index (χ2n) is 5.55. The molecule has 134 valence electrons. The molecule has 0 aliphatic carbocycles. The maximum Gasteiger partial charge on any atom is 0.326 e. The van der Waals surface area contributed by atoms with Crippen molar-refractivity contribution in [2.75, 3.05) is 11.4 Å². The topological polar surface area (TPSA) is 104 Å². The highest BCUT2D eigenvalue weighted by Gasteiger charge is 2.30. The summed E-state index contributed by atoms with van der Waals surface area (Å²) in [6.07, 6.45) is 1.67. The minimum absolute atomic E-state index is 0.380. The summed E-state index contributed by atoms with van der Waals surface area (Å²) in [5.74, 6) is 2.77. The highest BCUT2D eigenvalue weighted by molar-refractivity contribution is 5.79. The maximum atomic E-state index is 11.3. The molecule has 2 aromatic carbocycles. The smallest absolute Gasteiger partial charge is 0.326 e. The van der Waals surface area contributed by atoms with Crippen LogP contribution in [0.2, 0.25) is 0 Å². The van der Waals surface area contributed by atoms with E-state index in [4.69, 9.17) is 10.0 Å². The average molecular weight is 344 g/mol. The zero-order valence-corrected chi connectivity index (χ0v) is 14.3. The van der Waals surface area contributed by atoms with Gasteiger partial charge in [0.15, 0.2) is 0 Å². The number of hydrogen-bond donors (Lipinski definition) is 3. The largest absolute Gasteiger partial charge is 0.480 e. The first-order valence-electron chi connectivity index (χ1n) is 7.87. The molecule has 0 bridgehead atoms. The van der Waals surface area contributed by atoms with Crippen LogP contribution < -0.4 is 10.8 Å². The van der Waals surface area contributed by atoms with E-state index in [0.717, 1.165) is 25.1 Å². The molecule has 1 atom stereocenters. The first-order valence-corrected chi connectivity index (χ1v) is 7.87. The lowest BCUT2D eigenvalue weighted by molar-refractivity contribution is -0.138. The molecule has 0 saturated carbocycles. The molecule has 1 aliphatic rings. The fraction of sp³-hybridized carbons (Fsp3) is 0.263. The van der Waals surface area contributed by atoms with Gasteiger partial charge in [-0.3, -0.25) is 0 Å². The maximum absolute atomic E-state index is 11.3. The van der Waals surface area contributed by atoms with E-state index in [2.05, 4.69) is 37.1 Å². The van der Waals surface area contributed by atoms with E-state index < -0.39 is 5.97 Å². The van der Waals surface area contributed by atoms with Gasteiger partial charge >= 0.3 is 5.97 Å². The summed E-state index contributed by atoms with van der Waals surface area (Å²) in [7, 11) is 0. The molecular formula is C19H24N2O4. The van der Waals surface area contributed by atoms with E-state index in [1.807, 2.05) is 36.0 Å². The Kier molecular flexibility index (Phi) is 8.32. The third-order valence-corrected chi connectivity index (χ3v) is 4.19. The minimum atomic E-state index is -0.726. The summed E-state index contributed by atoms with van der Waals surface area (Å²) in [5, 5.41) is 15.8. The molecule has 1 fully saturated rings. The van der Waals surface area contributed by atoms with E-state index in [-0.39, 0.29) is 6.04 Å². The summed E-state index contributed by atoms with van der Waals surface area (Å²) in [4.78, 5) is 21.3. The van der Waals surface area contributed by atoms with Crippen LogP contribution in [0.1, 0.15) is 18.4 Å². The molecule has 1 unspecified atom stereocenters. The molecule has 0 radical (unpaired) electrons. The first-order chi connectivity index (χ1) is 12.2. The van der Waals surface area contributed by atoms with Crippen molar-refractivity contribution >= 4 is 18.4 Å². The number of carbonyl (C=O) groups is 2. The van der Waals surface area contributed by atoms with Crippen molar-refractivity contribution in [3.05, 3.63) is 54.1 Å². The van der Waals surface area contributed by atoms with E-state index in [9.17, 15) is 9.90 Å². The van der Waals surface area contributed by atoms with Crippen LogP contribution in [-0.2, 0) is 9.59 Å². The van der Waals surface area contributed by atoms with Crippen LogP contribution in [0.5, 0.6) is 0 Å². The predicted molar refractivity (Wildman–Crippen MR) is 97.7 cm³/mol. The Balaban J connectivity index is 0.000000730. The molecule has 25 heavy (non-hydrogen) atoms. The Hall–Kier alpha value is -2.70. The van der Waals surface area contributed by atoms with Gasteiger partial charge < -0.3 is 20.0 Å². The van der Waals surface area contributed by atoms with Crippen LogP contribution in [0, 0.1) is 6.92 Å². The zero-order valence-electron chi connectivity index (χ0n) is 14.3. The van der Waals surface area contributed by atoms with Crippen LogP contribution in [0.3, 0.4) is 0 Å². The Labute approximate surface area is 147 Å². The van der Waals surface area contributed by atoms with Crippen molar-refractivity contribution in [2.24, 2.45) is 5.90 Å². The SMILES string of the molecule is C=O.Cc1ccccc1-c1ccc(N2CCCC2C(=O)O)cc1.NO. The molecule has 6 nitrogen and oxygen atoms in total. The molecule has 4 N–H and O–H groups in total. The molecular weight excluding hydrogens is 320 g/mol. The van der Waals surface area contributed by atoms with Gasteiger partial charge in [0.25, 0.3) is 0 Å². The second kappa shape index (κ2) is 10.2. The van der Waals surface area contributed by atoms with Gasteiger partial charge in [0.05, 0.1) is 0 Å². The van der Waals surface area contributed by atoms with Crippen LogP contribution in [0.15, 0.2) is 48.5 Å². The molecule has 3 rings (SSSR count). The zero-order chi connectivity index (χ0) is 18.8. The third-order valence-electron chi connectivity index (χ3n) is 4.19. The molecule has 0 aromatic heterocycles. The van der Waals surface area contributed by atoms with Gasteiger partial charge in [0, 0.05) is 12.2 Å². The minimum Gasteiger partial charge on any atom is -0.480 e. The van der Waals surface area contributed by atoms with Gasteiger partial charge in [-0.2, -0.15) is 0 Å². The standard InChI is InChI=1S/C18H19NO2.CH2O.H3NO/c1-13-5-2-3-6-16(13)14-8-10-15(11-9-14)19-12-4-7-17(19)18(20)21;2*1-2/h2-3,5-6,8-11,17H,4,7,12H2,1H3,(H,20,21);1H2;2H,1H2. The number of aryl methyl sites for hydroxylation is 1. The van der Waals surface area contributed by atoms with Crippen LogP contribution in [0.4, 0.5) is 5.69 Å². The van der Waals surface area contributed by atoms with Crippen molar-refractivity contribution in [1.82, 2.24) is 0 Å². The van der Waals surface area contributed by atoms with Gasteiger partial charge in [-0.05, 0) is 48.6 Å². The Morgan fingerprint density at radius 2 is 1.72 bits per heavy atom. The third kappa shape index (κ3) is 4.89. The van der Waals surface area contributed by atoms with Gasteiger partial charge in [-0.25, -0.2) is 10.7 Å². The molecule has 0 spiro atoms. The Morgan fingerprint density at radius 3 is 2.28 bits per heavy atom.